The molecule has 0 saturated carbocycles. The van der Waals surface area contributed by atoms with E-state index < -0.39 is 32.4 Å². The van der Waals surface area contributed by atoms with Gasteiger partial charge in [-0.05, 0) is 52.3 Å². The molecule has 0 bridgehead atoms. The van der Waals surface area contributed by atoms with Gasteiger partial charge < -0.3 is 24.0 Å². The van der Waals surface area contributed by atoms with Crippen LogP contribution in [0.3, 0.4) is 0 Å². The predicted octanol–water partition coefficient (Wildman–Crippen LogP) is 6.18. The van der Waals surface area contributed by atoms with Crippen molar-refractivity contribution in [3.8, 4) is 11.5 Å². The number of methoxy groups -OCH3 is 2. The Morgan fingerprint density at radius 1 is 1.21 bits per heavy atom. The molecule has 10 nitrogen and oxygen atoms in total. The van der Waals surface area contributed by atoms with Crippen LogP contribution in [0.4, 0.5) is 20.7 Å². The maximum absolute atomic E-state index is 15.8. The number of hydrogen-bond acceptors (Lipinski definition) is 9. The lowest BCUT2D eigenvalue weighted by Crippen LogP contribution is -2.45. The molecule has 2 atom stereocenters. The third-order valence-electron chi connectivity index (χ3n) is 7.27. The fourth-order valence-electron chi connectivity index (χ4n) is 5.06. The van der Waals surface area contributed by atoms with Gasteiger partial charge in [0.2, 0.25) is 0 Å². The average molecular weight is 655 g/mol. The maximum Gasteiger partial charge on any atom is 0.410 e. The molecule has 0 unspecified atom stereocenters. The third-order valence-corrected chi connectivity index (χ3v) is 9.91. The van der Waals surface area contributed by atoms with Crippen LogP contribution in [0.25, 0.3) is 0 Å². The number of nitrogens with zero attached hydrogens (tertiary/aromatic N) is 4. The van der Waals surface area contributed by atoms with Crippen molar-refractivity contribution in [1.82, 2.24) is 9.88 Å². The number of hydrogen-bond donors (Lipinski definition) is 0. The highest BCUT2D eigenvalue weighted by Gasteiger charge is 2.39. The molecule has 4 rings (SSSR count). The highest BCUT2D eigenvalue weighted by molar-refractivity contribution is 7.92. The minimum absolute atomic E-state index is 0.0469. The molecular formula is C29H36ClFN4O6S2. The highest BCUT2D eigenvalue weighted by atomic mass is 35.5. The lowest BCUT2D eigenvalue weighted by molar-refractivity contribution is 0.0233. The summed E-state index contributed by atoms with van der Waals surface area (Å²) in [6.45, 7) is 7.57. The fourth-order valence-corrected chi connectivity index (χ4v) is 7.49. The monoisotopic (exact) mass is 654 g/mol. The molecule has 1 aliphatic rings. The van der Waals surface area contributed by atoms with Crippen molar-refractivity contribution >= 4 is 50.6 Å². The van der Waals surface area contributed by atoms with Gasteiger partial charge in [0.15, 0.2) is 5.82 Å². The van der Waals surface area contributed by atoms with E-state index in [1.807, 2.05) is 6.92 Å². The number of ether oxygens (including phenoxy) is 3. The molecule has 0 radical (unpaired) electrons. The van der Waals surface area contributed by atoms with Crippen molar-refractivity contribution < 1.29 is 31.8 Å². The normalized spacial score (nSPS) is 17.1. The van der Waals surface area contributed by atoms with Gasteiger partial charge in [0, 0.05) is 36.7 Å². The van der Waals surface area contributed by atoms with Crippen LogP contribution in [0.2, 0.25) is 5.02 Å². The van der Waals surface area contributed by atoms with Crippen LogP contribution in [-0.4, -0.2) is 69.9 Å². The Bertz CT molecular complexity index is 1570. The van der Waals surface area contributed by atoms with Crippen molar-refractivity contribution in [1.29, 1.82) is 0 Å². The Morgan fingerprint density at radius 3 is 2.53 bits per heavy atom. The predicted molar refractivity (Wildman–Crippen MR) is 166 cm³/mol. The molecule has 14 heteroatoms. The molecule has 0 N–H and O–H groups in total. The first kappa shape index (κ1) is 32.6. The van der Waals surface area contributed by atoms with E-state index in [9.17, 15) is 13.2 Å². The molecule has 3 aromatic rings. The van der Waals surface area contributed by atoms with Gasteiger partial charge in [-0.15, -0.1) is 11.3 Å². The van der Waals surface area contributed by atoms with Crippen LogP contribution in [0.15, 0.2) is 46.1 Å². The van der Waals surface area contributed by atoms with Gasteiger partial charge in [-0.3, -0.25) is 0 Å². The van der Waals surface area contributed by atoms with E-state index >= 15 is 4.39 Å². The van der Waals surface area contributed by atoms with Gasteiger partial charge in [-0.2, -0.15) is 0 Å². The van der Waals surface area contributed by atoms with Crippen molar-refractivity contribution in [2.75, 3.05) is 37.0 Å². The number of thiazole rings is 1. The summed E-state index contributed by atoms with van der Waals surface area (Å²) in [4.78, 5) is 19.7. The maximum atomic E-state index is 15.8. The standard InChI is InChI=1S/C29H36ClFN4O6S2/c1-18-23(10-11-34(18)28(36)41-29(2,3)4)33(5)24-14-22(31)26(13-21(24)30)43(37,38)35(27-16-42-17-32-27)15-19-8-9-20(39-6)12-25(19)40-7/h8-9,12-14,16-18,23H,10-11,15H2,1-7H3/t18-,23-/m1/s1. The van der Waals surface area contributed by atoms with Crippen LogP contribution < -0.4 is 18.7 Å². The van der Waals surface area contributed by atoms with Crippen LogP contribution >= 0.6 is 22.9 Å². The minimum Gasteiger partial charge on any atom is -0.497 e. The number of rotatable bonds is 9. The van der Waals surface area contributed by atoms with Crippen LogP contribution in [0.1, 0.15) is 39.7 Å². The largest absolute Gasteiger partial charge is 0.497 e. The number of halogens is 2. The van der Waals surface area contributed by atoms with E-state index in [0.29, 0.717) is 35.7 Å². The van der Waals surface area contributed by atoms with Gasteiger partial charge in [0.1, 0.15) is 27.8 Å². The van der Waals surface area contributed by atoms with Gasteiger partial charge >= 0.3 is 6.09 Å². The van der Waals surface area contributed by atoms with E-state index in [0.717, 1.165) is 16.4 Å². The summed E-state index contributed by atoms with van der Waals surface area (Å²) in [5, 5.41) is 1.61. The number of sulfonamides is 1. The van der Waals surface area contributed by atoms with E-state index in [1.54, 1.807) is 61.2 Å². The molecule has 2 heterocycles. The Labute approximate surface area is 261 Å². The third kappa shape index (κ3) is 6.94. The van der Waals surface area contributed by atoms with Crippen LogP contribution in [-0.2, 0) is 21.3 Å². The number of likely N-dealkylation sites (N-methyl/N-ethyl adjacent to an activating group) is 1. The summed E-state index contributed by atoms with van der Waals surface area (Å²) in [6.07, 6.45) is 0.168. The number of likely N-dealkylation sites (tertiary alicyclic amines) is 1. The first-order valence-electron chi connectivity index (χ1n) is 13.5. The number of carbonyl (C=O) groups excluding carboxylic acids is 1. The van der Waals surface area contributed by atoms with Crippen LogP contribution in [0.5, 0.6) is 11.5 Å². The molecule has 0 aliphatic carbocycles. The number of amides is 1. The number of aromatic nitrogens is 1. The summed E-state index contributed by atoms with van der Waals surface area (Å²) in [5.74, 6) is 0.0905. The number of anilines is 2. The van der Waals surface area contributed by atoms with Crippen molar-refractivity contribution in [3.05, 3.63) is 57.6 Å². The lowest BCUT2D eigenvalue weighted by Gasteiger charge is -2.33. The van der Waals surface area contributed by atoms with Crippen molar-refractivity contribution in [2.45, 2.75) is 63.2 Å². The molecule has 1 aliphatic heterocycles. The van der Waals surface area contributed by atoms with E-state index in [2.05, 4.69) is 4.98 Å². The van der Waals surface area contributed by atoms with Crippen molar-refractivity contribution in [3.63, 3.8) is 0 Å². The van der Waals surface area contributed by atoms with Crippen molar-refractivity contribution in [2.24, 2.45) is 0 Å². The summed E-state index contributed by atoms with van der Waals surface area (Å²) < 4.78 is 61.1. The Kier molecular flexibility index (Phi) is 9.67. The molecule has 43 heavy (non-hydrogen) atoms. The molecule has 0 spiro atoms. The molecule has 234 valence electrons. The van der Waals surface area contributed by atoms with Crippen LogP contribution in [0, 0.1) is 5.82 Å². The Balaban J connectivity index is 1.65. The molecule has 1 fully saturated rings. The molecule has 1 saturated heterocycles. The molecule has 2 aromatic carbocycles. The summed E-state index contributed by atoms with van der Waals surface area (Å²) in [6, 6.07) is 6.76. The Hall–Kier alpha value is -3.29. The van der Waals surface area contributed by atoms with Gasteiger partial charge in [-0.25, -0.2) is 26.9 Å². The number of carbonyl (C=O) groups is 1. The quantitative estimate of drug-likeness (QED) is 0.270. The highest BCUT2D eigenvalue weighted by Crippen LogP contribution is 2.37. The molecular weight excluding hydrogens is 619 g/mol. The van der Waals surface area contributed by atoms with E-state index in [-0.39, 0.29) is 29.5 Å². The van der Waals surface area contributed by atoms with Gasteiger partial charge in [-0.1, -0.05) is 11.6 Å². The van der Waals surface area contributed by atoms with Gasteiger partial charge in [0.25, 0.3) is 10.0 Å². The first-order chi connectivity index (χ1) is 20.2. The summed E-state index contributed by atoms with van der Waals surface area (Å²) in [5.41, 5.74) is 1.68. The zero-order valence-electron chi connectivity index (χ0n) is 25.1. The van der Waals surface area contributed by atoms with E-state index in [1.165, 1.54) is 31.1 Å². The summed E-state index contributed by atoms with van der Waals surface area (Å²) in [7, 11) is 0.237. The molecule has 1 amide bonds. The average Bonchev–Trinajstić information content (AvgIpc) is 3.61. The topological polar surface area (TPSA) is 102 Å². The molecule has 1 aromatic heterocycles. The van der Waals surface area contributed by atoms with Gasteiger partial charge in [0.05, 0.1) is 49.1 Å². The SMILES string of the molecule is COc1ccc(CN(c2cscn2)S(=O)(=O)c2cc(Cl)c(N(C)[C@@H]3CCN(C(=O)OC(C)(C)C)[C@@H]3C)cc2F)c(OC)c1. The second-order valence-corrected chi connectivity index (χ2v) is 14.1. The fraction of sp³-hybridized carbons (Fsp3) is 0.448. The number of benzene rings is 2. The Morgan fingerprint density at radius 2 is 1.93 bits per heavy atom. The smallest absolute Gasteiger partial charge is 0.410 e. The first-order valence-corrected chi connectivity index (χ1v) is 16.3. The minimum atomic E-state index is -4.48. The zero-order chi connectivity index (χ0) is 31.7. The second-order valence-electron chi connectivity index (χ2n) is 11.2. The second kappa shape index (κ2) is 12.7. The van der Waals surface area contributed by atoms with E-state index in [4.69, 9.17) is 25.8 Å². The zero-order valence-corrected chi connectivity index (χ0v) is 27.5. The summed E-state index contributed by atoms with van der Waals surface area (Å²) >= 11 is 7.85. The lowest BCUT2D eigenvalue weighted by atomic mass is 10.1.